The molecule has 7 nitrogen and oxygen atoms in total. The molecule has 0 aromatic carbocycles. The molecule has 3 rings (SSSR count). The van der Waals surface area contributed by atoms with Crippen molar-refractivity contribution < 1.29 is 22.7 Å². The Bertz CT molecular complexity index is 1010. The van der Waals surface area contributed by atoms with Gasteiger partial charge in [0.2, 0.25) is 0 Å². The molecule has 0 spiro atoms. The van der Waals surface area contributed by atoms with Crippen LogP contribution in [0.25, 0.3) is 16.9 Å². The second kappa shape index (κ2) is 7.27. The second-order valence-corrected chi connectivity index (χ2v) is 5.85. The molecule has 0 aliphatic rings. The van der Waals surface area contributed by atoms with Gasteiger partial charge in [0.15, 0.2) is 0 Å². The number of carbonyl (C=O) groups is 1. The van der Waals surface area contributed by atoms with Crippen molar-refractivity contribution >= 4 is 17.5 Å². The molecule has 3 aromatic rings. The SMILES string of the molecule is CCOC(=O)c1cc(-c2ccc(C(F)(F)F)nc2)nn(-c2cnsc2)c1=O. The van der Waals surface area contributed by atoms with Crippen LogP contribution in [0, 0.1) is 0 Å². The van der Waals surface area contributed by atoms with Gasteiger partial charge in [0.1, 0.15) is 11.3 Å². The molecule has 27 heavy (non-hydrogen) atoms. The summed E-state index contributed by atoms with van der Waals surface area (Å²) in [5.41, 5.74) is -1.48. The monoisotopic (exact) mass is 396 g/mol. The quantitative estimate of drug-likeness (QED) is 0.630. The van der Waals surface area contributed by atoms with Crippen molar-refractivity contribution in [1.29, 1.82) is 0 Å². The summed E-state index contributed by atoms with van der Waals surface area (Å²) in [5.74, 6) is -0.858. The van der Waals surface area contributed by atoms with Gasteiger partial charge in [-0.1, -0.05) is 0 Å². The van der Waals surface area contributed by atoms with E-state index in [1.165, 1.54) is 17.6 Å². The van der Waals surface area contributed by atoms with Gasteiger partial charge in [-0.15, -0.1) is 0 Å². The zero-order valence-corrected chi connectivity index (χ0v) is 14.5. The third kappa shape index (κ3) is 3.87. The van der Waals surface area contributed by atoms with E-state index in [1.807, 2.05) is 0 Å². The molecule has 0 aliphatic heterocycles. The summed E-state index contributed by atoms with van der Waals surface area (Å²) >= 11 is 1.07. The van der Waals surface area contributed by atoms with Crippen molar-refractivity contribution in [3.63, 3.8) is 0 Å². The molecule has 0 N–H and O–H groups in total. The Labute approximate surface area is 154 Å². The summed E-state index contributed by atoms with van der Waals surface area (Å²) in [6.07, 6.45) is -2.23. The fourth-order valence-corrected chi connectivity index (χ4v) is 2.68. The van der Waals surface area contributed by atoms with E-state index in [4.69, 9.17) is 4.74 Å². The predicted octanol–water partition coefficient (Wildman–Crippen LogP) is 2.95. The van der Waals surface area contributed by atoms with Crippen LogP contribution in [-0.4, -0.2) is 31.7 Å². The minimum absolute atomic E-state index is 0.0533. The first-order valence-electron chi connectivity index (χ1n) is 7.56. The minimum Gasteiger partial charge on any atom is -0.462 e. The van der Waals surface area contributed by atoms with Crippen LogP contribution in [0.15, 0.2) is 40.8 Å². The first-order valence-corrected chi connectivity index (χ1v) is 8.39. The van der Waals surface area contributed by atoms with E-state index >= 15 is 0 Å². The molecule has 140 valence electrons. The maximum absolute atomic E-state index is 12.7. The highest BCUT2D eigenvalue weighted by molar-refractivity contribution is 7.03. The molecule has 3 heterocycles. The Morgan fingerprint density at radius 2 is 2.07 bits per heavy atom. The zero-order valence-electron chi connectivity index (χ0n) is 13.7. The normalized spacial score (nSPS) is 11.4. The minimum atomic E-state index is -4.58. The number of pyridine rings is 1. The van der Waals surface area contributed by atoms with E-state index in [1.54, 1.807) is 6.92 Å². The van der Waals surface area contributed by atoms with Crippen molar-refractivity contribution in [3.8, 4) is 16.9 Å². The van der Waals surface area contributed by atoms with Crippen LogP contribution < -0.4 is 5.56 Å². The number of nitrogens with zero attached hydrogens (tertiary/aromatic N) is 4. The zero-order chi connectivity index (χ0) is 19.6. The number of esters is 1. The number of hydrogen-bond donors (Lipinski definition) is 0. The van der Waals surface area contributed by atoms with Crippen molar-refractivity contribution in [2.75, 3.05) is 6.61 Å². The number of rotatable bonds is 4. The van der Waals surface area contributed by atoms with Crippen LogP contribution in [0.1, 0.15) is 23.0 Å². The molecule has 0 atom stereocenters. The first-order chi connectivity index (χ1) is 12.8. The Balaban J connectivity index is 2.15. The lowest BCUT2D eigenvalue weighted by Crippen LogP contribution is -2.28. The third-order valence-corrected chi connectivity index (χ3v) is 3.99. The van der Waals surface area contributed by atoms with E-state index in [0.717, 1.165) is 34.5 Å². The molecule has 0 saturated heterocycles. The number of alkyl halides is 3. The van der Waals surface area contributed by atoms with Crippen LogP contribution in [0.4, 0.5) is 13.2 Å². The summed E-state index contributed by atoms with van der Waals surface area (Å²) in [6.45, 7) is 1.64. The van der Waals surface area contributed by atoms with Crippen LogP contribution in [0.2, 0.25) is 0 Å². The molecule has 0 bridgehead atoms. The fraction of sp³-hybridized carbons (Fsp3) is 0.188. The summed E-state index contributed by atoms with van der Waals surface area (Å²) in [5, 5.41) is 5.66. The molecule has 3 aromatic heterocycles. The van der Waals surface area contributed by atoms with E-state index in [2.05, 4.69) is 14.5 Å². The number of hydrogen-bond acceptors (Lipinski definition) is 7. The summed E-state index contributed by atoms with van der Waals surface area (Å²) in [6, 6.07) is 3.12. The first kappa shape index (κ1) is 18.7. The molecule has 11 heteroatoms. The number of halogens is 3. The highest BCUT2D eigenvalue weighted by Crippen LogP contribution is 2.28. The lowest BCUT2D eigenvalue weighted by molar-refractivity contribution is -0.141. The van der Waals surface area contributed by atoms with Gasteiger partial charge < -0.3 is 4.74 Å². The van der Waals surface area contributed by atoms with Crippen molar-refractivity contribution in [3.05, 3.63) is 57.6 Å². The Kier molecular flexibility index (Phi) is 5.04. The summed E-state index contributed by atoms with van der Waals surface area (Å²) in [4.78, 5) is 28.1. The van der Waals surface area contributed by atoms with Crippen molar-refractivity contribution in [2.24, 2.45) is 0 Å². The molecular formula is C16H11F3N4O3S. The predicted molar refractivity (Wildman–Crippen MR) is 89.7 cm³/mol. The number of carbonyl (C=O) groups excluding carboxylic acids is 1. The lowest BCUT2D eigenvalue weighted by Gasteiger charge is -2.10. The molecule has 0 saturated carbocycles. The average Bonchev–Trinajstić information content (AvgIpc) is 3.16. The van der Waals surface area contributed by atoms with E-state index in [-0.39, 0.29) is 23.4 Å². The molecule has 0 amide bonds. The third-order valence-electron chi connectivity index (χ3n) is 3.42. The van der Waals surface area contributed by atoms with Gasteiger partial charge in [0.05, 0.1) is 24.2 Å². The Morgan fingerprint density at radius 3 is 2.63 bits per heavy atom. The smallest absolute Gasteiger partial charge is 0.433 e. The highest BCUT2D eigenvalue weighted by Gasteiger charge is 2.32. The van der Waals surface area contributed by atoms with Gasteiger partial charge in [-0.25, -0.2) is 4.79 Å². The van der Waals surface area contributed by atoms with Crippen LogP contribution in [0.5, 0.6) is 0 Å². The molecule has 0 aliphatic carbocycles. The Morgan fingerprint density at radius 1 is 1.30 bits per heavy atom. The second-order valence-electron chi connectivity index (χ2n) is 5.19. The van der Waals surface area contributed by atoms with Gasteiger partial charge in [-0.3, -0.25) is 9.78 Å². The number of aromatic nitrogens is 4. The fourth-order valence-electron chi connectivity index (χ4n) is 2.18. The van der Waals surface area contributed by atoms with Gasteiger partial charge in [0, 0.05) is 17.1 Å². The van der Waals surface area contributed by atoms with E-state index in [0.29, 0.717) is 5.69 Å². The van der Waals surface area contributed by atoms with Crippen molar-refractivity contribution in [1.82, 2.24) is 19.1 Å². The molecular weight excluding hydrogens is 385 g/mol. The van der Waals surface area contributed by atoms with Crippen LogP contribution in [0.3, 0.4) is 0 Å². The van der Waals surface area contributed by atoms with E-state index in [9.17, 15) is 22.8 Å². The highest BCUT2D eigenvalue weighted by atomic mass is 32.1. The maximum Gasteiger partial charge on any atom is 0.433 e. The van der Waals surface area contributed by atoms with Gasteiger partial charge in [-0.2, -0.15) is 27.3 Å². The topological polar surface area (TPSA) is 87.0 Å². The van der Waals surface area contributed by atoms with Gasteiger partial charge in [-0.05, 0) is 36.7 Å². The Hall–Kier alpha value is -3.08. The maximum atomic E-state index is 12.7. The average molecular weight is 396 g/mol. The molecule has 0 fully saturated rings. The molecule has 0 unspecified atom stereocenters. The van der Waals surface area contributed by atoms with Gasteiger partial charge in [0.25, 0.3) is 5.56 Å². The number of ether oxygens (including phenoxy) is 1. The largest absolute Gasteiger partial charge is 0.462 e. The summed E-state index contributed by atoms with van der Waals surface area (Å²) < 4.78 is 47.8. The van der Waals surface area contributed by atoms with Gasteiger partial charge >= 0.3 is 12.1 Å². The summed E-state index contributed by atoms with van der Waals surface area (Å²) in [7, 11) is 0. The standard InChI is InChI=1S/C16H11F3N4O3S/c1-2-26-15(25)11-5-12(9-3-4-13(20-6-9)16(17,18)19)22-23(14(11)24)10-7-21-27-8-10/h3-8H,2H2,1H3. The van der Waals surface area contributed by atoms with Crippen molar-refractivity contribution in [2.45, 2.75) is 13.1 Å². The van der Waals surface area contributed by atoms with Crippen LogP contribution >= 0.6 is 11.5 Å². The lowest BCUT2D eigenvalue weighted by atomic mass is 10.1. The van der Waals surface area contributed by atoms with Crippen LogP contribution in [-0.2, 0) is 10.9 Å². The van der Waals surface area contributed by atoms with E-state index < -0.39 is 23.4 Å². The molecule has 0 radical (unpaired) electrons.